The van der Waals surface area contributed by atoms with Gasteiger partial charge in [-0.05, 0) is 54.6 Å². The minimum atomic E-state index is 0.0187. The van der Waals surface area contributed by atoms with Crippen molar-refractivity contribution in [3.05, 3.63) is 22.4 Å². The Kier molecular flexibility index (Phi) is 3.61. The summed E-state index contributed by atoms with van der Waals surface area (Å²) < 4.78 is 2.98. The Bertz CT molecular complexity index is 421. The Balaban J connectivity index is 2.12. The van der Waals surface area contributed by atoms with Gasteiger partial charge in [-0.1, -0.05) is 6.92 Å². The fourth-order valence-electron chi connectivity index (χ4n) is 2.26. The van der Waals surface area contributed by atoms with Gasteiger partial charge in [-0.3, -0.25) is 4.79 Å². The van der Waals surface area contributed by atoms with Crippen LogP contribution in [0.3, 0.4) is 0 Å². The molecule has 0 unspecified atom stereocenters. The summed E-state index contributed by atoms with van der Waals surface area (Å²) in [5, 5.41) is 3.14. The van der Waals surface area contributed by atoms with Gasteiger partial charge >= 0.3 is 0 Å². The molecule has 1 saturated carbocycles. The van der Waals surface area contributed by atoms with Crippen LogP contribution in [0.15, 0.2) is 16.7 Å². The van der Waals surface area contributed by atoms with Crippen molar-refractivity contribution in [3.8, 4) is 0 Å². The average Bonchev–Trinajstić information content (AvgIpc) is 2.58. The lowest BCUT2D eigenvalue weighted by Gasteiger charge is -2.39. The van der Waals surface area contributed by atoms with Gasteiger partial charge < -0.3 is 9.88 Å². The smallest absolute Gasteiger partial charge is 0.268 e. The second kappa shape index (κ2) is 4.84. The zero-order chi connectivity index (χ0) is 12.5. The first-order valence-corrected chi connectivity index (χ1v) is 7.01. The van der Waals surface area contributed by atoms with Crippen LogP contribution in [0, 0.1) is 0 Å². The predicted molar refractivity (Wildman–Crippen MR) is 72.1 cm³/mol. The van der Waals surface area contributed by atoms with Crippen molar-refractivity contribution in [3.63, 3.8) is 0 Å². The van der Waals surface area contributed by atoms with Crippen molar-refractivity contribution in [1.29, 1.82) is 0 Å². The molecule has 1 aromatic rings. The molecule has 94 valence electrons. The highest BCUT2D eigenvalue weighted by Crippen LogP contribution is 2.31. The number of carbonyl (C=O) groups is 1. The van der Waals surface area contributed by atoms with Crippen molar-refractivity contribution in [2.24, 2.45) is 0 Å². The standard InChI is InChI=1S/C13H19BrN2O/c1-3-7-16-9-10(14)8-11(16)12(17)15-13(2)5-4-6-13/h8-9H,3-7H2,1-2H3,(H,15,17). The number of hydrogen-bond acceptors (Lipinski definition) is 1. The van der Waals surface area contributed by atoms with Crippen LogP contribution in [0.5, 0.6) is 0 Å². The van der Waals surface area contributed by atoms with E-state index in [4.69, 9.17) is 0 Å². The van der Waals surface area contributed by atoms with Gasteiger partial charge in [-0.2, -0.15) is 0 Å². The number of hydrogen-bond donors (Lipinski definition) is 1. The molecule has 0 bridgehead atoms. The number of aryl methyl sites for hydroxylation is 1. The molecule has 0 aliphatic heterocycles. The molecular weight excluding hydrogens is 280 g/mol. The maximum absolute atomic E-state index is 12.2. The molecule has 4 heteroatoms. The van der Waals surface area contributed by atoms with E-state index in [1.54, 1.807) is 0 Å². The molecule has 0 atom stereocenters. The van der Waals surface area contributed by atoms with Gasteiger partial charge in [0.1, 0.15) is 5.69 Å². The van der Waals surface area contributed by atoms with Crippen molar-refractivity contribution in [1.82, 2.24) is 9.88 Å². The summed E-state index contributed by atoms with van der Waals surface area (Å²) in [4.78, 5) is 12.2. The van der Waals surface area contributed by atoms with E-state index in [1.807, 2.05) is 16.8 Å². The molecule has 2 rings (SSSR count). The van der Waals surface area contributed by atoms with Crippen LogP contribution in [0.1, 0.15) is 50.0 Å². The molecule has 0 spiro atoms. The zero-order valence-corrected chi connectivity index (χ0v) is 12.0. The third kappa shape index (κ3) is 2.73. The van der Waals surface area contributed by atoms with Crippen LogP contribution < -0.4 is 5.32 Å². The zero-order valence-electron chi connectivity index (χ0n) is 10.4. The van der Waals surface area contributed by atoms with E-state index in [2.05, 4.69) is 35.1 Å². The molecule has 1 N–H and O–H groups in total. The van der Waals surface area contributed by atoms with Crippen molar-refractivity contribution < 1.29 is 4.79 Å². The van der Waals surface area contributed by atoms with Crippen LogP contribution in [-0.4, -0.2) is 16.0 Å². The summed E-state index contributed by atoms with van der Waals surface area (Å²) in [6.07, 6.45) is 6.40. The van der Waals surface area contributed by atoms with Crippen LogP contribution >= 0.6 is 15.9 Å². The first-order chi connectivity index (χ1) is 8.04. The Hall–Kier alpha value is -0.770. The van der Waals surface area contributed by atoms with E-state index in [0.29, 0.717) is 0 Å². The molecular formula is C13H19BrN2O. The highest BCUT2D eigenvalue weighted by molar-refractivity contribution is 9.10. The molecule has 1 heterocycles. The third-order valence-corrected chi connectivity index (χ3v) is 3.87. The highest BCUT2D eigenvalue weighted by atomic mass is 79.9. The van der Waals surface area contributed by atoms with Gasteiger partial charge in [0.25, 0.3) is 5.91 Å². The number of nitrogens with one attached hydrogen (secondary N) is 1. The van der Waals surface area contributed by atoms with Gasteiger partial charge in [-0.15, -0.1) is 0 Å². The number of carbonyl (C=O) groups excluding carboxylic acids is 1. The normalized spacial score (nSPS) is 17.6. The Labute approximate surface area is 111 Å². The molecule has 1 aliphatic rings. The fourth-order valence-corrected chi connectivity index (χ4v) is 2.73. The quantitative estimate of drug-likeness (QED) is 0.909. The van der Waals surface area contributed by atoms with E-state index in [9.17, 15) is 4.79 Å². The van der Waals surface area contributed by atoms with Gasteiger partial charge in [0.05, 0.1) is 0 Å². The average molecular weight is 299 g/mol. The van der Waals surface area contributed by atoms with E-state index in [-0.39, 0.29) is 11.4 Å². The van der Waals surface area contributed by atoms with Crippen molar-refractivity contribution in [2.75, 3.05) is 0 Å². The Morgan fingerprint density at radius 2 is 2.29 bits per heavy atom. The molecule has 1 fully saturated rings. The van der Waals surface area contributed by atoms with E-state index >= 15 is 0 Å². The maximum atomic E-state index is 12.2. The SMILES string of the molecule is CCCn1cc(Br)cc1C(=O)NC1(C)CCC1. The summed E-state index contributed by atoms with van der Waals surface area (Å²) in [6.45, 7) is 5.12. The van der Waals surface area contributed by atoms with Gasteiger partial charge in [0.2, 0.25) is 0 Å². The summed E-state index contributed by atoms with van der Waals surface area (Å²) in [6, 6.07) is 1.90. The molecule has 1 aromatic heterocycles. The van der Waals surface area contributed by atoms with Gasteiger partial charge in [0.15, 0.2) is 0 Å². The lowest BCUT2D eigenvalue weighted by Crippen LogP contribution is -2.51. The number of rotatable bonds is 4. The molecule has 0 saturated heterocycles. The minimum absolute atomic E-state index is 0.0187. The van der Waals surface area contributed by atoms with Gasteiger partial charge in [0, 0.05) is 22.8 Å². The second-order valence-electron chi connectivity index (χ2n) is 5.11. The summed E-state index contributed by atoms with van der Waals surface area (Å²) >= 11 is 3.43. The van der Waals surface area contributed by atoms with E-state index in [0.717, 1.165) is 36.0 Å². The van der Waals surface area contributed by atoms with E-state index in [1.165, 1.54) is 6.42 Å². The first kappa shape index (κ1) is 12.7. The summed E-state index contributed by atoms with van der Waals surface area (Å²) in [5.74, 6) is 0.0475. The lowest BCUT2D eigenvalue weighted by atomic mass is 9.78. The Morgan fingerprint density at radius 1 is 1.59 bits per heavy atom. The monoisotopic (exact) mass is 298 g/mol. The molecule has 0 radical (unpaired) electrons. The lowest BCUT2D eigenvalue weighted by molar-refractivity contribution is 0.0840. The first-order valence-electron chi connectivity index (χ1n) is 6.22. The number of nitrogens with zero attached hydrogens (tertiary/aromatic N) is 1. The fraction of sp³-hybridized carbons (Fsp3) is 0.615. The molecule has 1 aliphatic carbocycles. The van der Waals surface area contributed by atoms with E-state index < -0.39 is 0 Å². The topological polar surface area (TPSA) is 34.0 Å². The highest BCUT2D eigenvalue weighted by Gasteiger charge is 2.33. The largest absolute Gasteiger partial charge is 0.346 e. The van der Waals surface area contributed by atoms with Crippen molar-refractivity contribution >= 4 is 21.8 Å². The number of halogens is 1. The third-order valence-electron chi connectivity index (χ3n) is 3.43. The van der Waals surface area contributed by atoms with Crippen LogP contribution in [-0.2, 0) is 6.54 Å². The van der Waals surface area contributed by atoms with Crippen LogP contribution in [0.4, 0.5) is 0 Å². The number of amides is 1. The predicted octanol–water partition coefficient (Wildman–Crippen LogP) is 3.33. The van der Waals surface area contributed by atoms with Crippen LogP contribution in [0.2, 0.25) is 0 Å². The van der Waals surface area contributed by atoms with Gasteiger partial charge in [-0.25, -0.2) is 0 Å². The minimum Gasteiger partial charge on any atom is -0.346 e. The summed E-state index contributed by atoms with van der Waals surface area (Å²) in [5.41, 5.74) is 0.775. The summed E-state index contributed by atoms with van der Waals surface area (Å²) in [7, 11) is 0. The molecule has 3 nitrogen and oxygen atoms in total. The molecule has 0 aromatic carbocycles. The molecule has 1 amide bonds. The molecule has 17 heavy (non-hydrogen) atoms. The van der Waals surface area contributed by atoms with Crippen molar-refractivity contribution in [2.45, 2.75) is 51.6 Å². The number of aromatic nitrogens is 1. The second-order valence-corrected chi connectivity index (χ2v) is 6.02. The maximum Gasteiger partial charge on any atom is 0.268 e. The van der Waals surface area contributed by atoms with Crippen LogP contribution in [0.25, 0.3) is 0 Å². The Morgan fingerprint density at radius 3 is 2.82 bits per heavy atom.